The lowest BCUT2D eigenvalue weighted by Gasteiger charge is -2.21. The summed E-state index contributed by atoms with van der Waals surface area (Å²) in [6, 6.07) is 0. The van der Waals surface area contributed by atoms with E-state index < -0.39 is 97.5 Å². The highest BCUT2D eigenvalue weighted by molar-refractivity contribution is 7.47. The summed E-state index contributed by atoms with van der Waals surface area (Å²) in [5, 5.41) is 10.5. The van der Waals surface area contributed by atoms with Crippen molar-refractivity contribution in [2.45, 2.75) is 342 Å². The molecule has 19 heteroatoms. The maximum Gasteiger partial charge on any atom is 0.472 e. The van der Waals surface area contributed by atoms with Crippen LogP contribution >= 0.6 is 15.6 Å². The minimum atomic E-state index is -4.94. The first-order valence-corrected chi connectivity index (χ1v) is 37.0. The molecule has 0 aromatic rings. The molecule has 17 nitrogen and oxygen atoms in total. The van der Waals surface area contributed by atoms with Crippen molar-refractivity contribution in [3.05, 3.63) is 0 Å². The predicted molar refractivity (Wildman–Crippen MR) is 335 cm³/mol. The average Bonchev–Trinajstić information content (AvgIpc) is 3.58. The molecule has 0 heterocycles. The van der Waals surface area contributed by atoms with Crippen LogP contribution in [0.3, 0.4) is 0 Å². The van der Waals surface area contributed by atoms with Gasteiger partial charge in [-0.1, -0.05) is 273 Å². The lowest BCUT2D eigenvalue weighted by atomic mass is 10.0. The van der Waals surface area contributed by atoms with Crippen LogP contribution in [0, 0.1) is 11.8 Å². The van der Waals surface area contributed by atoms with Gasteiger partial charge in [-0.2, -0.15) is 0 Å². The fraction of sp³-hybridized carbons (Fsp3) is 0.938. The Hall–Kier alpha value is -1.94. The smallest absolute Gasteiger partial charge is 0.462 e. The third-order valence-electron chi connectivity index (χ3n) is 15.0. The highest BCUT2D eigenvalue weighted by atomic mass is 31.2. The minimum Gasteiger partial charge on any atom is -0.462 e. The van der Waals surface area contributed by atoms with Crippen molar-refractivity contribution in [3.63, 3.8) is 0 Å². The molecule has 5 atom stereocenters. The molecular formula is C65H126O17P2. The van der Waals surface area contributed by atoms with Crippen LogP contribution in [0.15, 0.2) is 0 Å². The number of carbonyl (C=O) groups is 4. The number of carbonyl (C=O) groups excluding carboxylic acids is 4. The summed E-state index contributed by atoms with van der Waals surface area (Å²) >= 11 is 0. The van der Waals surface area contributed by atoms with E-state index in [1.807, 2.05) is 0 Å². The van der Waals surface area contributed by atoms with Gasteiger partial charge in [-0.3, -0.25) is 37.3 Å². The average molecular weight is 1240 g/mol. The normalized spacial score (nSPS) is 14.3. The molecule has 0 radical (unpaired) electrons. The van der Waals surface area contributed by atoms with Crippen LogP contribution in [-0.4, -0.2) is 96.7 Å². The van der Waals surface area contributed by atoms with Gasteiger partial charge in [-0.05, 0) is 37.5 Å². The largest absolute Gasteiger partial charge is 0.472 e. The van der Waals surface area contributed by atoms with E-state index in [0.29, 0.717) is 31.6 Å². The molecule has 0 bridgehead atoms. The number of hydrogen-bond donors (Lipinski definition) is 3. The van der Waals surface area contributed by atoms with Crippen LogP contribution in [0.2, 0.25) is 0 Å². The van der Waals surface area contributed by atoms with E-state index in [1.54, 1.807) is 0 Å². The summed E-state index contributed by atoms with van der Waals surface area (Å²) in [7, 11) is -9.88. The van der Waals surface area contributed by atoms with Crippen molar-refractivity contribution in [2.75, 3.05) is 39.6 Å². The molecular weight excluding hydrogens is 1110 g/mol. The van der Waals surface area contributed by atoms with E-state index in [4.69, 9.17) is 37.0 Å². The van der Waals surface area contributed by atoms with Crippen molar-refractivity contribution in [1.29, 1.82) is 0 Å². The zero-order valence-corrected chi connectivity index (χ0v) is 56.0. The Balaban J connectivity index is 5.18. The Bertz CT molecular complexity index is 1650. The van der Waals surface area contributed by atoms with Gasteiger partial charge in [0.15, 0.2) is 12.2 Å². The van der Waals surface area contributed by atoms with Crippen LogP contribution < -0.4 is 0 Å². The first-order chi connectivity index (χ1) is 40.4. The van der Waals surface area contributed by atoms with Crippen molar-refractivity contribution in [1.82, 2.24) is 0 Å². The first kappa shape index (κ1) is 82.1. The lowest BCUT2D eigenvalue weighted by molar-refractivity contribution is -0.161. The van der Waals surface area contributed by atoms with E-state index in [9.17, 15) is 43.2 Å². The van der Waals surface area contributed by atoms with E-state index in [0.717, 1.165) is 102 Å². The number of aliphatic hydroxyl groups excluding tert-OH is 1. The molecule has 2 unspecified atom stereocenters. The predicted octanol–water partition coefficient (Wildman–Crippen LogP) is 18.0. The minimum absolute atomic E-state index is 0.102. The highest BCUT2D eigenvalue weighted by Crippen LogP contribution is 2.45. The zero-order chi connectivity index (χ0) is 62.2. The van der Waals surface area contributed by atoms with Crippen molar-refractivity contribution >= 4 is 39.5 Å². The standard InChI is InChI=1S/C65H126O17P2/c1-7-9-11-13-15-17-25-29-36-42-48-63(68)76-53-60(81-64(69)49-43-37-30-26-23-21-19-18-20-22-24-27-33-39-45-57(3)4)55-79-83(71,72)77-51-59(66)52-78-84(73,74)80-56-61(54-75-62(67)47-41-35-28-16-14-12-10-8-2)82-65(70)50-44-38-32-31-34-40-46-58(5)6/h57-61,66H,7-56H2,1-6H3,(H,71,72)(H,73,74)/t59-,60-,61-/m1/s1. The molecule has 0 aliphatic rings. The summed E-state index contributed by atoms with van der Waals surface area (Å²) in [5.41, 5.74) is 0. The van der Waals surface area contributed by atoms with Crippen molar-refractivity contribution in [2.24, 2.45) is 11.8 Å². The van der Waals surface area contributed by atoms with Crippen LogP contribution in [0.4, 0.5) is 0 Å². The lowest BCUT2D eigenvalue weighted by Crippen LogP contribution is -2.30. The number of esters is 4. The first-order valence-electron chi connectivity index (χ1n) is 34.0. The van der Waals surface area contributed by atoms with Crippen molar-refractivity contribution < 1.29 is 80.2 Å². The molecule has 0 saturated heterocycles. The molecule has 3 N–H and O–H groups in total. The van der Waals surface area contributed by atoms with E-state index in [-0.39, 0.29) is 25.7 Å². The van der Waals surface area contributed by atoms with Crippen LogP contribution in [0.5, 0.6) is 0 Å². The summed E-state index contributed by atoms with van der Waals surface area (Å²) in [6.45, 7) is 9.40. The van der Waals surface area contributed by atoms with Gasteiger partial charge >= 0.3 is 39.5 Å². The highest BCUT2D eigenvalue weighted by Gasteiger charge is 2.30. The topological polar surface area (TPSA) is 237 Å². The van der Waals surface area contributed by atoms with Gasteiger partial charge in [-0.25, -0.2) is 9.13 Å². The monoisotopic (exact) mass is 1240 g/mol. The number of unbranched alkanes of at least 4 members (excludes halogenated alkanes) is 34. The van der Waals surface area contributed by atoms with Crippen LogP contribution in [0.1, 0.15) is 324 Å². The van der Waals surface area contributed by atoms with E-state index >= 15 is 0 Å². The van der Waals surface area contributed by atoms with Gasteiger partial charge in [0.2, 0.25) is 0 Å². The quantitative estimate of drug-likeness (QED) is 0.0222. The molecule has 0 aliphatic carbocycles. The van der Waals surface area contributed by atoms with E-state index in [2.05, 4.69) is 41.5 Å². The third kappa shape index (κ3) is 59.0. The molecule has 498 valence electrons. The molecule has 0 spiro atoms. The Labute approximate surface area is 511 Å². The zero-order valence-electron chi connectivity index (χ0n) is 54.2. The molecule has 0 aromatic carbocycles. The van der Waals surface area contributed by atoms with Gasteiger partial charge in [-0.15, -0.1) is 0 Å². The Morgan fingerprint density at radius 3 is 0.810 bits per heavy atom. The van der Waals surface area contributed by atoms with Gasteiger partial charge < -0.3 is 33.8 Å². The van der Waals surface area contributed by atoms with E-state index in [1.165, 1.54) is 135 Å². The molecule has 84 heavy (non-hydrogen) atoms. The maximum absolute atomic E-state index is 13.0. The summed E-state index contributed by atoms with van der Waals surface area (Å²) < 4.78 is 67.9. The van der Waals surface area contributed by atoms with Gasteiger partial charge in [0, 0.05) is 25.7 Å². The maximum atomic E-state index is 13.0. The number of rotatable bonds is 64. The number of hydrogen-bond acceptors (Lipinski definition) is 15. The molecule has 0 amide bonds. The second-order valence-electron chi connectivity index (χ2n) is 24.5. The molecule has 0 aromatic heterocycles. The number of phosphoric acid groups is 2. The van der Waals surface area contributed by atoms with Crippen LogP contribution in [0.25, 0.3) is 0 Å². The molecule has 0 rings (SSSR count). The Morgan fingerprint density at radius 1 is 0.321 bits per heavy atom. The fourth-order valence-electron chi connectivity index (χ4n) is 9.71. The Morgan fingerprint density at radius 2 is 0.548 bits per heavy atom. The second-order valence-corrected chi connectivity index (χ2v) is 27.4. The third-order valence-corrected chi connectivity index (χ3v) is 16.9. The molecule has 0 fully saturated rings. The molecule has 0 aliphatic heterocycles. The van der Waals surface area contributed by atoms with Gasteiger partial charge in [0.25, 0.3) is 0 Å². The Kier molecular flexibility index (Phi) is 56.2. The fourth-order valence-corrected chi connectivity index (χ4v) is 11.3. The number of aliphatic hydroxyl groups is 1. The number of ether oxygens (including phenoxy) is 4. The second kappa shape index (κ2) is 57.5. The van der Waals surface area contributed by atoms with Crippen LogP contribution in [-0.2, 0) is 65.4 Å². The number of phosphoric ester groups is 2. The summed E-state index contributed by atoms with van der Waals surface area (Å²) in [6.07, 6.45) is 40.5. The van der Waals surface area contributed by atoms with Crippen molar-refractivity contribution in [3.8, 4) is 0 Å². The molecule has 0 saturated carbocycles. The summed E-state index contributed by atoms with van der Waals surface area (Å²) in [4.78, 5) is 72.1. The SMILES string of the molecule is CCCCCCCCCCCCC(=O)OC[C@H](COP(=O)(O)OC[C@@H](O)COP(=O)(O)OC[C@@H](COC(=O)CCCCCCCCCC)OC(=O)CCCCCCCCC(C)C)OC(=O)CCCCCCCCCCCCCCCCC(C)C. The summed E-state index contributed by atoms with van der Waals surface area (Å²) in [5.74, 6) is -0.673. The van der Waals surface area contributed by atoms with Gasteiger partial charge in [0.05, 0.1) is 26.4 Å². The van der Waals surface area contributed by atoms with Gasteiger partial charge in [0.1, 0.15) is 19.3 Å².